The SMILES string of the molecule is CNC(=O)COC(=O)CN1C(=O)NC2(CCCCC2C)C1=O. The average Bonchev–Trinajstić information content (AvgIpc) is 2.73. The van der Waals surface area contributed by atoms with E-state index in [1.807, 2.05) is 6.92 Å². The minimum atomic E-state index is -0.892. The molecule has 1 saturated carbocycles. The van der Waals surface area contributed by atoms with Crippen LogP contribution in [0.25, 0.3) is 0 Å². The summed E-state index contributed by atoms with van der Waals surface area (Å²) in [6.07, 6.45) is 3.34. The van der Waals surface area contributed by atoms with E-state index in [2.05, 4.69) is 10.6 Å². The molecule has 0 aromatic heterocycles. The number of hydrogen-bond acceptors (Lipinski definition) is 5. The summed E-state index contributed by atoms with van der Waals surface area (Å²) in [6, 6.07) is -0.573. The lowest BCUT2D eigenvalue weighted by molar-refractivity contribution is -0.151. The van der Waals surface area contributed by atoms with Crippen LogP contribution in [0, 0.1) is 5.92 Å². The number of imide groups is 1. The van der Waals surface area contributed by atoms with E-state index in [0.717, 1.165) is 24.2 Å². The zero-order chi connectivity index (χ0) is 16.3. The van der Waals surface area contributed by atoms with Gasteiger partial charge in [-0.2, -0.15) is 0 Å². The van der Waals surface area contributed by atoms with Crippen molar-refractivity contribution in [2.24, 2.45) is 5.92 Å². The van der Waals surface area contributed by atoms with E-state index in [0.29, 0.717) is 6.42 Å². The standard InChI is InChI=1S/C14H21N3O5/c1-9-5-3-4-6-14(9)12(20)17(13(21)16-14)7-11(19)22-8-10(18)15-2/h9H,3-8H2,1-2H3,(H,15,18)(H,16,21). The summed E-state index contributed by atoms with van der Waals surface area (Å²) in [5, 5.41) is 5.06. The van der Waals surface area contributed by atoms with Gasteiger partial charge in [0.1, 0.15) is 12.1 Å². The van der Waals surface area contributed by atoms with E-state index in [1.54, 1.807) is 0 Å². The third-order valence-corrected chi connectivity index (χ3v) is 4.43. The van der Waals surface area contributed by atoms with Crippen LogP contribution in [0.1, 0.15) is 32.6 Å². The first kappa shape index (κ1) is 16.3. The Kier molecular flexibility index (Phi) is 4.68. The van der Waals surface area contributed by atoms with Gasteiger partial charge in [0, 0.05) is 7.05 Å². The molecule has 0 aromatic carbocycles. The molecule has 1 saturated heterocycles. The Balaban J connectivity index is 2.00. The van der Waals surface area contributed by atoms with Crippen molar-refractivity contribution in [2.75, 3.05) is 20.2 Å². The lowest BCUT2D eigenvalue weighted by Crippen LogP contribution is -2.54. The number of amides is 4. The summed E-state index contributed by atoms with van der Waals surface area (Å²) < 4.78 is 4.73. The van der Waals surface area contributed by atoms with Crippen LogP contribution in [0.15, 0.2) is 0 Å². The van der Waals surface area contributed by atoms with Gasteiger partial charge in [0.25, 0.3) is 11.8 Å². The topological polar surface area (TPSA) is 105 Å². The number of esters is 1. The molecule has 1 heterocycles. The van der Waals surface area contributed by atoms with Crippen molar-refractivity contribution in [3.63, 3.8) is 0 Å². The van der Waals surface area contributed by atoms with Crippen molar-refractivity contribution in [1.29, 1.82) is 0 Å². The van der Waals surface area contributed by atoms with Crippen LogP contribution in [0.4, 0.5) is 4.79 Å². The zero-order valence-corrected chi connectivity index (χ0v) is 12.8. The number of ether oxygens (including phenoxy) is 1. The summed E-state index contributed by atoms with van der Waals surface area (Å²) in [4.78, 5) is 48.2. The number of hydrogen-bond donors (Lipinski definition) is 2. The van der Waals surface area contributed by atoms with Crippen LogP contribution in [0.3, 0.4) is 0 Å². The third kappa shape index (κ3) is 2.90. The molecule has 2 fully saturated rings. The molecule has 8 nitrogen and oxygen atoms in total. The molecule has 0 bridgehead atoms. The fraction of sp³-hybridized carbons (Fsp3) is 0.714. The molecule has 0 aromatic rings. The largest absolute Gasteiger partial charge is 0.454 e. The highest BCUT2D eigenvalue weighted by Gasteiger charge is 2.55. The molecule has 22 heavy (non-hydrogen) atoms. The van der Waals surface area contributed by atoms with Gasteiger partial charge in [0.2, 0.25) is 0 Å². The quantitative estimate of drug-likeness (QED) is 0.551. The average molecular weight is 311 g/mol. The van der Waals surface area contributed by atoms with E-state index in [9.17, 15) is 19.2 Å². The molecular formula is C14H21N3O5. The molecule has 2 unspecified atom stereocenters. The predicted molar refractivity (Wildman–Crippen MR) is 75.6 cm³/mol. The fourth-order valence-electron chi connectivity index (χ4n) is 3.03. The van der Waals surface area contributed by atoms with E-state index in [4.69, 9.17) is 4.74 Å². The molecule has 1 spiro atoms. The van der Waals surface area contributed by atoms with Crippen molar-refractivity contribution in [2.45, 2.75) is 38.1 Å². The number of nitrogens with zero attached hydrogens (tertiary/aromatic N) is 1. The molecule has 8 heteroatoms. The number of nitrogens with one attached hydrogen (secondary N) is 2. The number of likely N-dealkylation sites (N-methyl/N-ethyl adjacent to an activating group) is 1. The van der Waals surface area contributed by atoms with Crippen molar-refractivity contribution in [3.05, 3.63) is 0 Å². The molecule has 1 aliphatic heterocycles. The number of carbonyl (C=O) groups is 4. The second-order valence-corrected chi connectivity index (χ2v) is 5.77. The van der Waals surface area contributed by atoms with E-state index in [-0.39, 0.29) is 11.8 Å². The monoisotopic (exact) mass is 311 g/mol. The lowest BCUT2D eigenvalue weighted by Gasteiger charge is -2.36. The molecule has 0 radical (unpaired) electrons. The van der Waals surface area contributed by atoms with Gasteiger partial charge in [-0.1, -0.05) is 19.8 Å². The molecule has 2 N–H and O–H groups in total. The normalized spacial score (nSPS) is 27.7. The summed E-state index contributed by atoms with van der Waals surface area (Å²) in [7, 11) is 1.42. The summed E-state index contributed by atoms with van der Waals surface area (Å²) >= 11 is 0. The van der Waals surface area contributed by atoms with E-state index >= 15 is 0 Å². The second kappa shape index (κ2) is 6.33. The van der Waals surface area contributed by atoms with Gasteiger partial charge in [0.05, 0.1) is 0 Å². The van der Waals surface area contributed by atoms with Crippen molar-refractivity contribution >= 4 is 23.8 Å². The number of urea groups is 1. The van der Waals surface area contributed by atoms with Crippen LogP contribution in [0.2, 0.25) is 0 Å². The molecule has 122 valence electrons. The van der Waals surface area contributed by atoms with Gasteiger partial charge in [-0.25, -0.2) is 4.79 Å². The van der Waals surface area contributed by atoms with Gasteiger partial charge in [-0.3, -0.25) is 19.3 Å². The van der Waals surface area contributed by atoms with Crippen molar-refractivity contribution in [1.82, 2.24) is 15.5 Å². The highest BCUT2D eigenvalue weighted by Crippen LogP contribution is 2.38. The maximum atomic E-state index is 12.6. The minimum absolute atomic E-state index is 0.0320. The number of carbonyl (C=O) groups excluding carboxylic acids is 4. The first-order valence-corrected chi connectivity index (χ1v) is 7.41. The zero-order valence-electron chi connectivity index (χ0n) is 12.8. The Morgan fingerprint density at radius 3 is 2.77 bits per heavy atom. The Morgan fingerprint density at radius 2 is 2.14 bits per heavy atom. The van der Waals surface area contributed by atoms with Crippen molar-refractivity contribution in [3.8, 4) is 0 Å². The molecule has 1 aliphatic carbocycles. The van der Waals surface area contributed by atoms with Gasteiger partial charge in [0.15, 0.2) is 6.61 Å². The third-order valence-electron chi connectivity index (χ3n) is 4.43. The molecular weight excluding hydrogens is 290 g/mol. The van der Waals surface area contributed by atoms with Crippen LogP contribution in [-0.4, -0.2) is 54.5 Å². The van der Waals surface area contributed by atoms with Gasteiger partial charge in [-0.05, 0) is 18.8 Å². The van der Waals surface area contributed by atoms with Crippen molar-refractivity contribution < 1.29 is 23.9 Å². The Morgan fingerprint density at radius 1 is 1.41 bits per heavy atom. The Hall–Kier alpha value is -2.12. The van der Waals surface area contributed by atoms with Crippen LogP contribution >= 0.6 is 0 Å². The first-order chi connectivity index (χ1) is 10.4. The van der Waals surface area contributed by atoms with E-state index in [1.165, 1.54) is 7.05 Å². The van der Waals surface area contributed by atoms with Gasteiger partial charge < -0.3 is 15.4 Å². The second-order valence-electron chi connectivity index (χ2n) is 5.77. The minimum Gasteiger partial charge on any atom is -0.454 e. The highest BCUT2D eigenvalue weighted by molar-refractivity contribution is 6.09. The summed E-state index contributed by atoms with van der Waals surface area (Å²) in [6.45, 7) is 1.03. The summed E-state index contributed by atoms with van der Waals surface area (Å²) in [5.74, 6) is -1.58. The van der Waals surface area contributed by atoms with E-state index < -0.39 is 36.6 Å². The van der Waals surface area contributed by atoms with Gasteiger partial charge >= 0.3 is 12.0 Å². The highest BCUT2D eigenvalue weighted by atomic mass is 16.5. The van der Waals surface area contributed by atoms with Crippen LogP contribution in [-0.2, 0) is 19.1 Å². The smallest absolute Gasteiger partial charge is 0.326 e. The Bertz CT molecular complexity index is 507. The maximum Gasteiger partial charge on any atom is 0.326 e. The maximum absolute atomic E-state index is 12.6. The predicted octanol–water partition coefficient (Wildman–Crippen LogP) is -0.224. The molecule has 2 aliphatic rings. The molecule has 2 rings (SSSR count). The first-order valence-electron chi connectivity index (χ1n) is 7.41. The molecule has 4 amide bonds. The van der Waals surface area contributed by atoms with Crippen LogP contribution in [0.5, 0.6) is 0 Å². The van der Waals surface area contributed by atoms with Crippen LogP contribution < -0.4 is 10.6 Å². The summed E-state index contributed by atoms with van der Waals surface area (Å²) in [5.41, 5.74) is -0.892. The fourth-order valence-corrected chi connectivity index (χ4v) is 3.03. The number of rotatable bonds is 4. The van der Waals surface area contributed by atoms with Gasteiger partial charge in [-0.15, -0.1) is 0 Å². The molecule has 2 atom stereocenters. The lowest BCUT2D eigenvalue weighted by atomic mass is 9.73. The Labute approximate surface area is 128 Å².